The minimum absolute atomic E-state index is 0.170. The summed E-state index contributed by atoms with van der Waals surface area (Å²) in [5.74, 6) is 0.243. The van der Waals surface area contributed by atoms with Crippen LogP contribution in [0, 0.1) is 0 Å². The summed E-state index contributed by atoms with van der Waals surface area (Å²) >= 11 is 0. The summed E-state index contributed by atoms with van der Waals surface area (Å²) < 4.78 is 5.42. The molecule has 0 aromatic heterocycles. The molecular weight excluding hydrogens is 256 g/mol. The lowest BCUT2D eigenvalue weighted by Gasteiger charge is -2.41. The largest absolute Gasteiger partial charge is 0.444 e. The van der Waals surface area contributed by atoms with Gasteiger partial charge in [0.15, 0.2) is 0 Å². The van der Waals surface area contributed by atoms with Crippen LogP contribution in [0.5, 0.6) is 0 Å². The highest BCUT2D eigenvalue weighted by Gasteiger charge is 2.33. The zero-order valence-electron chi connectivity index (χ0n) is 12.9. The first-order valence-corrected chi connectivity index (χ1v) is 7.64. The molecule has 0 bridgehead atoms. The number of likely N-dealkylation sites (tertiary alicyclic amines) is 2. The molecule has 0 saturated carbocycles. The molecule has 2 fully saturated rings. The Balaban J connectivity index is 1.94. The van der Waals surface area contributed by atoms with Crippen molar-refractivity contribution in [2.45, 2.75) is 64.5 Å². The van der Waals surface area contributed by atoms with Crippen LogP contribution in [0.25, 0.3) is 0 Å². The molecule has 2 saturated heterocycles. The highest BCUT2D eigenvalue weighted by atomic mass is 16.6. The van der Waals surface area contributed by atoms with Crippen molar-refractivity contribution >= 4 is 12.0 Å². The minimum atomic E-state index is -0.467. The monoisotopic (exact) mass is 282 g/mol. The van der Waals surface area contributed by atoms with E-state index in [4.69, 9.17) is 4.74 Å². The van der Waals surface area contributed by atoms with E-state index in [1.54, 1.807) is 4.90 Å². The summed E-state index contributed by atoms with van der Waals surface area (Å²) in [6, 6.07) is 0.170. The van der Waals surface area contributed by atoms with Gasteiger partial charge in [-0.25, -0.2) is 4.79 Å². The van der Waals surface area contributed by atoms with Gasteiger partial charge < -0.3 is 14.5 Å². The van der Waals surface area contributed by atoms with Gasteiger partial charge in [-0.3, -0.25) is 4.79 Å². The molecule has 0 radical (unpaired) electrons. The van der Waals surface area contributed by atoms with Gasteiger partial charge in [-0.1, -0.05) is 0 Å². The maximum atomic E-state index is 12.1. The van der Waals surface area contributed by atoms with Gasteiger partial charge in [-0.05, 0) is 46.5 Å². The molecule has 0 aromatic carbocycles. The van der Waals surface area contributed by atoms with Crippen molar-refractivity contribution in [3.63, 3.8) is 0 Å². The van der Waals surface area contributed by atoms with Crippen LogP contribution in [0.2, 0.25) is 0 Å². The van der Waals surface area contributed by atoms with Gasteiger partial charge >= 0.3 is 6.09 Å². The second-order valence-corrected chi connectivity index (χ2v) is 6.77. The maximum Gasteiger partial charge on any atom is 0.410 e. The fourth-order valence-electron chi connectivity index (χ4n) is 2.91. The van der Waals surface area contributed by atoms with Crippen LogP contribution in [0.15, 0.2) is 0 Å². The van der Waals surface area contributed by atoms with Crippen LogP contribution >= 0.6 is 0 Å². The summed E-state index contributed by atoms with van der Waals surface area (Å²) in [6.45, 7) is 7.81. The van der Waals surface area contributed by atoms with E-state index in [1.807, 2.05) is 25.7 Å². The molecule has 0 spiro atoms. The van der Waals surface area contributed by atoms with E-state index in [9.17, 15) is 9.59 Å². The second kappa shape index (κ2) is 6.02. The highest BCUT2D eigenvalue weighted by Crippen LogP contribution is 2.22. The molecule has 2 aliphatic heterocycles. The van der Waals surface area contributed by atoms with Crippen LogP contribution in [-0.2, 0) is 9.53 Å². The van der Waals surface area contributed by atoms with Crippen LogP contribution in [0.1, 0.15) is 52.9 Å². The third-order valence-electron chi connectivity index (χ3n) is 3.85. The van der Waals surface area contributed by atoms with Gasteiger partial charge in [0.1, 0.15) is 5.60 Å². The van der Waals surface area contributed by atoms with Crippen molar-refractivity contribution in [2.24, 2.45) is 0 Å². The molecule has 2 aliphatic rings. The number of carbonyl (C=O) groups is 2. The average Bonchev–Trinajstić information content (AvgIpc) is 2.37. The SMILES string of the molecule is CC(C)(C)OC(=O)N1CCC[C@@H](N2CCCCC2=O)C1. The smallest absolute Gasteiger partial charge is 0.410 e. The Morgan fingerprint density at radius 3 is 2.60 bits per heavy atom. The van der Waals surface area contributed by atoms with Crippen LogP contribution < -0.4 is 0 Å². The summed E-state index contributed by atoms with van der Waals surface area (Å²) in [5, 5.41) is 0. The van der Waals surface area contributed by atoms with Crippen molar-refractivity contribution in [3.05, 3.63) is 0 Å². The summed E-state index contributed by atoms with van der Waals surface area (Å²) in [5.41, 5.74) is -0.467. The molecule has 2 heterocycles. The number of hydrogen-bond donors (Lipinski definition) is 0. The molecule has 5 heteroatoms. The molecule has 2 rings (SSSR count). The van der Waals surface area contributed by atoms with E-state index >= 15 is 0 Å². The third-order valence-corrected chi connectivity index (χ3v) is 3.85. The van der Waals surface area contributed by atoms with Gasteiger partial charge in [0.25, 0.3) is 0 Å². The molecule has 114 valence electrons. The normalized spacial score (nSPS) is 24.8. The lowest BCUT2D eigenvalue weighted by Crippen LogP contribution is -2.53. The average molecular weight is 282 g/mol. The van der Waals surface area contributed by atoms with E-state index in [0.717, 1.165) is 38.8 Å². The van der Waals surface area contributed by atoms with Gasteiger partial charge in [-0.15, -0.1) is 0 Å². The van der Waals surface area contributed by atoms with E-state index in [2.05, 4.69) is 0 Å². The summed E-state index contributed by atoms with van der Waals surface area (Å²) in [7, 11) is 0. The lowest BCUT2D eigenvalue weighted by molar-refractivity contribution is -0.137. The van der Waals surface area contributed by atoms with Crippen LogP contribution in [0.3, 0.4) is 0 Å². The lowest BCUT2D eigenvalue weighted by atomic mass is 10.0. The molecule has 1 atom stereocenters. The number of nitrogens with zero attached hydrogens (tertiary/aromatic N) is 2. The number of rotatable bonds is 1. The minimum Gasteiger partial charge on any atom is -0.444 e. The van der Waals surface area contributed by atoms with Crippen molar-refractivity contribution in [1.29, 1.82) is 0 Å². The Morgan fingerprint density at radius 1 is 1.20 bits per heavy atom. The Hall–Kier alpha value is -1.26. The van der Waals surface area contributed by atoms with E-state index in [-0.39, 0.29) is 18.0 Å². The van der Waals surface area contributed by atoms with Gasteiger partial charge in [0, 0.05) is 32.1 Å². The zero-order valence-corrected chi connectivity index (χ0v) is 12.9. The van der Waals surface area contributed by atoms with E-state index in [1.165, 1.54) is 0 Å². The predicted octanol–water partition coefficient (Wildman–Crippen LogP) is 2.40. The quantitative estimate of drug-likeness (QED) is 0.742. The molecule has 0 aromatic rings. The van der Waals surface area contributed by atoms with Crippen molar-refractivity contribution < 1.29 is 14.3 Å². The fraction of sp³-hybridized carbons (Fsp3) is 0.867. The predicted molar refractivity (Wildman–Crippen MR) is 76.4 cm³/mol. The van der Waals surface area contributed by atoms with Crippen LogP contribution in [0.4, 0.5) is 4.79 Å². The summed E-state index contributed by atoms with van der Waals surface area (Å²) in [6.07, 6.45) is 4.40. The Morgan fingerprint density at radius 2 is 1.95 bits per heavy atom. The highest BCUT2D eigenvalue weighted by molar-refractivity contribution is 5.77. The van der Waals surface area contributed by atoms with Crippen LogP contribution in [-0.4, -0.2) is 53.1 Å². The Bertz CT molecular complexity index is 376. The van der Waals surface area contributed by atoms with Crippen molar-refractivity contribution in [3.8, 4) is 0 Å². The molecule has 0 N–H and O–H groups in total. The Kier molecular flexibility index (Phi) is 4.55. The maximum absolute atomic E-state index is 12.1. The zero-order chi connectivity index (χ0) is 14.8. The number of piperidine rings is 2. The standard InChI is InChI=1S/C15H26N2O3/c1-15(2,3)20-14(19)16-9-6-7-12(11-16)17-10-5-4-8-13(17)18/h12H,4-11H2,1-3H3/t12-/m1/s1. The van der Waals surface area contributed by atoms with E-state index in [0.29, 0.717) is 13.0 Å². The first-order valence-electron chi connectivity index (χ1n) is 7.64. The number of ether oxygens (including phenoxy) is 1. The Labute approximate surface area is 121 Å². The topological polar surface area (TPSA) is 49.9 Å². The fourth-order valence-corrected chi connectivity index (χ4v) is 2.91. The van der Waals surface area contributed by atoms with Gasteiger partial charge in [0.05, 0.1) is 0 Å². The molecular formula is C15H26N2O3. The molecule has 0 unspecified atom stereocenters. The van der Waals surface area contributed by atoms with Gasteiger partial charge in [-0.2, -0.15) is 0 Å². The molecule has 20 heavy (non-hydrogen) atoms. The molecule has 0 aliphatic carbocycles. The molecule has 2 amide bonds. The van der Waals surface area contributed by atoms with Crippen molar-refractivity contribution in [1.82, 2.24) is 9.80 Å². The van der Waals surface area contributed by atoms with Gasteiger partial charge in [0.2, 0.25) is 5.91 Å². The number of amides is 2. The third kappa shape index (κ3) is 3.87. The second-order valence-electron chi connectivity index (χ2n) is 6.77. The number of carbonyl (C=O) groups excluding carboxylic acids is 2. The first kappa shape index (κ1) is 15.1. The number of hydrogen-bond acceptors (Lipinski definition) is 3. The molecule has 5 nitrogen and oxygen atoms in total. The first-order chi connectivity index (χ1) is 9.37. The van der Waals surface area contributed by atoms with Crippen molar-refractivity contribution in [2.75, 3.05) is 19.6 Å². The summed E-state index contributed by atoms with van der Waals surface area (Å²) in [4.78, 5) is 27.8. The van der Waals surface area contributed by atoms with E-state index < -0.39 is 5.60 Å².